The van der Waals surface area contributed by atoms with Gasteiger partial charge in [0.05, 0.1) is 28.1 Å². The Bertz CT molecular complexity index is 706. The van der Waals surface area contributed by atoms with Gasteiger partial charge < -0.3 is 10.6 Å². The van der Waals surface area contributed by atoms with Crippen LogP contribution in [0.25, 0.3) is 0 Å². The van der Waals surface area contributed by atoms with E-state index < -0.39 is 16.6 Å². The summed E-state index contributed by atoms with van der Waals surface area (Å²) < 4.78 is 13.6. The van der Waals surface area contributed by atoms with Crippen LogP contribution in [0.5, 0.6) is 0 Å². The van der Waals surface area contributed by atoms with Crippen molar-refractivity contribution in [1.82, 2.24) is 4.98 Å². The SMILES string of the molecule is CNc1cnccc1C(=O)Nc1cc([N+](=O)[O-])ccc1F. The Morgan fingerprint density at radius 2 is 2.10 bits per heavy atom. The molecule has 0 aliphatic carbocycles. The summed E-state index contributed by atoms with van der Waals surface area (Å²) in [5.74, 6) is -1.35. The summed E-state index contributed by atoms with van der Waals surface area (Å²) in [6, 6.07) is 4.37. The highest BCUT2D eigenvalue weighted by Gasteiger charge is 2.16. The Kier molecular flexibility index (Phi) is 4.07. The fourth-order valence-corrected chi connectivity index (χ4v) is 1.70. The Balaban J connectivity index is 2.31. The van der Waals surface area contributed by atoms with E-state index >= 15 is 0 Å². The van der Waals surface area contributed by atoms with Crippen LogP contribution in [0.4, 0.5) is 21.5 Å². The molecule has 2 rings (SSSR count). The lowest BCUT2D eigenvalue weighted by Gasteiger charge is -2.09. The minimum Gasteiger partial charge on any atom is -0.386 e. The number of halogens is 1. The standard InChI is InChI=1S/C13H11FN4O3/c1-15-12-7-16-5-4-9(12)13(19)17-11-6-8(18(20)21)2-3-10(11)14/h2-7,15H,1H3,(H,17,19). The van der Waals surface area contributed by atoms with Crippen molar-refractivity contribution in [3.63, 3.8) is 0 Å². The molecule has 0 spiro atoms. The van der Waals surface area contributed by atoms with Gasteiger partial charge in [0.15, 0.2) is 0 Å². The first kappa shape index (κ1) is 14.4. The van der Waals surface area contributed by atoms with Crippen molar-refractivity contribution in [3.8, 4) is 0 Å². The average molecular weight is 290 g/mol. The van der Waals surface area contributed by atoms with Gasteiger partial charge in [-0.25, -0.2) is 4.39 Å². The molecule has 0 radical (unpaired) electrons. The molecule has 1 heterocycles. The van der Waals surface area contributed by atoms with Gasteiger partial charge in [-0.15, -0.1) is 0 Å². The molecule has 7 nitrogen and oxygen atoms in total. The normalized spacial score (nSPS) is 10.0. The summed E-state index contributed by atoms with van der Waals surface area (Å²) in [5.41, 5.74) is 0.141. The molecule has 108 valence electrons. The van der Waals surface area contributed by atoms with E-state index in [1.54, 1.807) is 7.05 Å². The van der Waals surface area contributed by atoms with Crippen LogP contribution in [0.2, 0.25) is 0 Å². The number of hydrogen-bond acceptors (Lipinski definition) is 5. The fraction of sp³-hybridized carbons (Fsp3) is 0.0769. The predicted octanol–water partition coefficient (Wildman–Crippen LogP) is 2.42. The minimum absolute atomic E-state index is 0.249. The first-order valence-corrected chi connectivity index (χ1v) is 5.90. The van der Waals surface area contributed by atoms with Crippen molar-refractivity contribution < 1.29 is 14.1 Å². The van der Waals surface area contributed by atoms with Crippen LogP contribution in [0.15, 0.2) is 36.7 Å². The second-order valence-corrected chi connectivity index (χ2v) is 4.05. The molecule has 2 aromatic rings. The minimum atomic E-state index is -0.756. The number of hydrogen-bond donors (Lipinski definition) is 2. The van der Waals surface area contributed by atoms with Crippen molar-refractivity contribution in [2.24, 2.45) is 0 Å². The molecule has 1 aromatic carbocycles. The number of nitrogens with zero attached hydrogens (tertiary/aromatic N) is 2. The van der Waals surface area contributed by atoms with Gasteiger partial charge in [0.1, 0.15) is 5.82 Å². The maximum atomic E-state index is 13.6. The van der Waals surface area contributed by atoms with E-state index in [9.17, 15) is 19.3 Å². The van der Waals surface area contributed by atoms with E-state index in [-0.39, 0.29) is 16.9 Å². The Hall–Kier alpha value is -3.03. The number of non-ortho nitro benzene ring substituents is 1. The number of nitrogens with one attached hydrogen (secondary N) is 2. The van der Waals surface area contributed by atoms with Gasteiger partial charge in [-0.05, 0) is 12.1 Å². The van der Waals surface area contributed by atoms with E-state index in [1.165, 1.54) is 18.5 Å². The summed E-state index contributed by atoms with van der Waals surface area (Å²) in [6.45, 7) is 0. The number of nitro benzene ring substituents is 1. The smallest absolute Gasteiger partial charge is 0.271 e. The Morgan fingerprint density at radius 3 is 2.76 bits per heavy atom. The molecule has 0 aliphatic heterocycles. The number of pyridine rings is 1. The lowest BCUT2D eigenvalue weighted by atomic mass is 10.2. The van der Waals surface area contributed by atoms with Gasteiger partial charge in [0, 0.05) is 25.4 Å². The van der Waals surface area contributed by atoms with E-state index in [0.717, 1.165) is 18.2 Å². The monoisotopic (exact) mass is 290 g/mol. The number of carbonyl (C=O) groups is 1. The zero-order chi connectivity index (χ0) is 15.4. The van der Waals surface area contributed by atoms with Crippen molar-refractivity contribution >= 4 is 23.0 Å². The van der Waals surface area contributed by atoms with E-state index in [2.05, 4.69) is 15.6 Å². The van der Waals surface area contributed by atoms with Gasteiger partial charge in [-0.3, -0.25) is 19.9 Å². The summed E-state index contributed by atoms with van der Waals surface area (Å²) >= 11 is 0. The van der Waals surface area contributed by atoms with E-state index in [1.807, 2.05) is 0 Å². The number of nitro groups is 1. The van der Waals surface area contributed by atoms with Gasteiger partial charge in [0.25, 0.3) is 11.6 Å². The average Bonchev–Trinajstić information content (AvgIpc) is 2.49. The molecule has 0 atom stereocenters. The largest absolute Gasteiger partial charge is 0.386 e. The third kappa shape index (κ3) is 3.11. The molecule has 0 fully saturated rings. The first-order chi connectivity index (χ1) is 10.0. The molecule has 21 heavy (non-hydrogen) atoms. The molecular weight excluding hydrogens is 279 g/mol. The summed E-state index contributed by atoms with van der Waals surface area (Å²) in [6.07, 6.45) is 2.86. The van der Waals surface area contributed by atoms with E-state index in [4.69, 9.17) is 0 Å². The van der Waals surface area contributed by atoms with Gasteiger partial charge in [-0.2, -0.15) is 0 Å². The van der Waals surface area contributed by atoms with Gasteiger partial charge in [0.2, 0.25) is 0 Å². The van der Waals surface area contributed by atoms with Crippen LogP contribution in [0.3, 0.4) is 0 Å². The maximum absolute atomic E-state index is 13.6. The van der Waals surface area contributed by atoms with Crippen molar-refractivity contribution in [3.05, 3.63) is 58.2 Å². The highest BCUT2D eigenvalue weighted by Crippen LogP contribution is 2.23. The third-order valence-corrected chi connectivity index (χ3v) is 2.74. The van der Waals surface area contributed by atoms with Crippen LogP contribution in [0, 0.1) is 15.9 Å². The number of carbonyl (C=O) groups excluding carboxylic acids is 1. The number of benzene rings is 1. The van der Waals surface area contributed by atoms with Crippen LogP contribution in [-0.4, -0.2) is 22.9 Å². The van der Waals surface area contributed by atoms with Crippen molar-refractivity contribution in [1.29, 1.82) is 0 Å². The molecule has 0 bridgehead atoms. The summed E-state index contributed by atoms with van der Waals surface area (Å²) in [4.78, 5) is 26.0. The summed E-state index contributed by atoms with van der Waals surface area (Å²) in [7, 11) is 1.61. The molecule has 2 N–H and O–H groups in total. The zero-order valence-electron chi connectivity index (χ0n) is 11.0. The zero-order valence-corrected chi connectivity index (χ0v) is 11.0. The van der Waals surface area contributed by atoms with Gasteiger partial charge >= 0.3 is 0 Å². The Labute approximate surface area is 119 Å². The maximum Gasteiger partial charge on any atom is 0.271 e. The topological polar surface area (TPSA) is 97.2 Å². The molecule has 0 saturated carbocycles. The van der Waals surface area contributed by atoms with Crippen LogP contribution >= 0.6 is 0 Å². The van der Waals surface area contributed by atoms with Crippen molar-refractivity contribution in [2.45, 2.75) is 0 Å². The quantitative estimate of drug-likeness (QED) is 0.665. The lowest BCUT2D eigenvalue weighted by molar-refractivity contribution is -0.384. The number of amides is 1. The number of aromatic nitrogens is 1. The van der Waals surface area contributed by atoms with E-state index in [0.29, 0.717) is 5.69 Å². The molecular formula is C13H11FN4O3. The lowest BCUT2D eigenvalue weighted by Crippen LogP contribution is -2.15. The number of rotatable bonds is 4. The van der Waals surface area contributed by atoms with Crippen LogP contribution in [0.1, 0.15) is 10.4 Å². The molecule has 0 aliphatic rings. The highest BCUT2D eigenvalue weighted by molar-refractivity contribution is 6.08. The highest BCUT2D eigenvalue weighted by atomic mass is 19.1. The molecule has 1 aromatic heterocycles. The molecule has 0 unspecified atom stereocenters. The van der Waals surface area contributed by atoms with Gasteiger partial charge in [-0.1, -0.05) is 0 Å². The van der Waals surface area contributed by atoms with Crippen LogP contribution < -0.4 is 10.6 Å². The fourth-order valence-electron chi connectivity index (χ4n) is 1.70. The van der Waals surface area contributed by atoms with Crippen LogP contribution in [-0.2, 0) is 0 Å². The van der Waals surface area contributed by atoms with Crippen molar-refractivity contribution in [2.75, 3.05) is 17.7 Å². The second kappa shape index (κ2) is 5.95. The second-order valence-electron chi connectivity index (χ2n) is 4.05. The predicted molar refractivity (Wildman–Crippen MR) is 74.8 cm³/mol. The molecule has 1 amide bonds. The molecule has 0 saturated heterocycles. The molecule has 8 heteroatoms. The number of anilines is 2. The summed E-state index contributed by atoms with van der Waals surface area (Å²) in [5, 5.41) is 15.8. The first-order valence-electron chi connectivity index (χ1n) is 5.90. The Morgan fingerprint density at radius 1 is 1.33 bits per heavy atom. The third-order valence-electron chi connectivity index (χ3n) is 2.74.